The summed E-state index contributed by atoms with van der Waals surface area (Å²) in [6.45, 7) is 10.4. The highest BCUT2D eigenvalue weighted by Crippen LogP contribution is 2.51. The summed E-state index contributed by atoms with van der Waals surface area (Å²) < 4.78 is 7.02. The molecule has 6 aliphatic rings. The number of ketones is 1. The number of carboxylic acids is 1. The fraction of sp³-hybridized carbons (Fsp3) is 0.385. The fourth-order valence-electron chi connectivity index (χ4n) is 9.35. The molecule has 0 radical (unpaired) electrons. The number of carboxylic acid groups (broad SMARTS) is 1. The van der Waals surface area contributed by atoms with Crippen molar-refractivity contribution in [2.75, 3.05) is 58.2 Å². The normalized spacial score (nSPS) is 27.1. The standard InChI is InChI=1S/C39H40N4O7.2ClH/c1-22-33(36(39(48)49)41-35(22)34(23(2)44)38(41)47)25-8-10-29-30(18-25)28-9-7-24(17-31(28)37(29)46)20-42-11-14-43(15-12-42,16-13-42)21-32(45)40-26-5-4-6-27(19-26)50-3;;/h4-10,17-19,22-23,34-35,44H,11-16,20-21H2,1-3H3;2*1H/t22-,23+,34+,35+,42?,43?;;/m0../s1. The number of aliphatic hydroxyl groups is 1. The smallest absolute Gasteiger partial charge is 0.352 e. The van der Waals surface area contributed by atoms with Gasteiger partial charge in [-0.15, -0.1) is 0 Å². The number of halogens is 2. The molecule has 2 amide bonds. The maximum Gasteiger partial charge on any atom is 0.352 e. The molecule has 52 heavy (non-hydrogen) atoms. The highest BCUT2D eigenvalue weighted by Gasteiger charge is 2.60. The van der Waals surface area contributed by atoms with Gasteiger partial charge < -0.3 is 58.9 Å². The number of carbonyl (C=O) groups is 4. The van der Waals surface area contributed by atoms with E-state index in [0.717, 1.165) is 77.2 Å². The molecule has 0 saturated carbocycles. The van der Waals surface area contributed by atoms with Gasteiger partial charge >= 0.3 is 5.97 Å². The number of nitrogens with one attached hydrogen (secondary N) is 1. The molecule has 1 aliphatic carbocycles. The highest BCUT2D eigenvalue weighted by atomic mass is 35.5. The summed E-state index contributed by atoms with van der Waals surface area (Å²) >= 11 is 0. The van der Waals surface area contributed by atoms with Crippen LogP contribution in [0, 0.1) is 11.8 Å². The molecule has 4 saturated heterocycles. The Kier molecular flexibility index (Phi) is 9.82. The van der Waals surface area contributed by atoms with E-state index in [9.17, 15) is 29.4 Å². The summed E-state index contributed by atoms with van der Waals surface area (Å²) in [5.74, 6) is -1.80. The van der Waals surface area contributed by atoms with Crippen LogP contribution in [-0.4, -0.2) is 113 Å². The van der Waals surface area contributed by atoms with E-state index < -0.39 is 24.0 Å². The number of aliphatic carboxylic acids is 1. The first-order valence-corrected chi connectivity index (χ1v) is 17.4. The predicted molar refractivity (Wildman–Crippen MR) is 185 cm³/mol. The molecule has 5 heterocycles. The number of methoxy groups -OCH3 is 1. The average Bonchev–Trinajstić information content (AvgIpc) is 3.52. The Hall–Kier alpha value is -4.26. The fourth-order valence-corrected chi connectivity index (χ4v) is 9.35. The molecule has 11 nitrogen and oxygen atoms in total. The van der Waals surface area contributed by atoms with Crippen molar-refractivity contribution in [3.63, 3.8) is 0 Å². The third-order valence-electron chi connectivity index (χ3n) is 12.1. The van der Waals surface area contributed by atoms with Gasteiger partial charge in [0.05, 0.1) is 25.2 Å². The zero-order chi connectivity index (χ0) is 35.1. The number of benzene rings is 3. The second kappa shape index (κ2) is 13.6. The molecule has 4 atom stereocenters. The van der Waals surface area contributed by atoms with Crippen LogP contribution in [0.1, 0.15) is 40.9 Å². The number of aliphatic hydroxyl groups excluding tert-OH is 1. The lowest BCUT2D eigenvalue weighted by Gasteiger charge is -2.55. The van der Waals surface area contributed by atoms with Crippen LogP contribution in [-0.2, 0) is 20.9 Å². The monoisotopic (exact) mass is 748 g/mol. The minimum atomic E-state index is -1.18. The van der Waals surface area contributed by atoms with Crippen molar-refractivity contribution in [2.24, 2.45) is 11.8 Å². The first-order valence-electron chi connectivity index (χ1n) is 17.4. The summed E-state index contributed by atoms with van der Waals surface area (Å²) in [4.78, 5) is 53.4. The first kappa shape index (κ1) is 37.5. The van der Waals surface area contributed by atoms with Crippen molar-refractivity contribution < 1.29 is 67.9 Å². The van der Waals surface area contributed by atoms with E-state index in [1.807, 2.05) is 49.4 Å². The van der Waals surface area contributed by atoms with Gasteiger partial charge in [-0.25, -0.2) is 4.79 Å². The molecule has 3 aromatic rings. The Bertz CT molecular complexity index is 2010. The van der Waals surface area contributed by atoms with E-state index in [-0.39, 0.29) is 54.0 Å². The van der Waals surface area contributed by atoms with Gasteiger partial charge in [0.25, 0.3) is 5.91 Å². The number of rotatable bonds is 9. The predicted octanol–water partition coefficient (Wildman–Crippen LogP) is -2.63. The summed E-state index contributed by atoms with van der Waals surface area (Å²) in [5, 5.41) is 23.4. The highest BCUT2D eigenvalue weighted by molar-refractivity contribution is 6.22. The maximum atomic E-state index is 13.7. The van der Waals surface area contributed by atoms with E-state index >= 15 is 0 Å². The molecule has 9 rings (SSSR count). The number of piperazine rings is 3. The van der Waals surface area contributed by atoms with E-state index in [1.165, 1.54) is 4.90 Å². The Morgan fingerprint density at radius 2 is 1.58 bits per heavy atom. The van der Waals surface area contributed by atoms with Crippen LogP contribution in [0.2, 0.25) is 0 Å². The quantitative estimate of drug-likeness (QED) is 0.126. The molecule has 3 N–H and O–H groups in total. The molecule has 0 aromatic heterocycles. The number of amides is 2. The van der Waals surface area contributed by atoms with Crippen LogP contribution in [0.15, 0.2) is 66.4 Å². The number of β-lactam (4-membered cyclic amide) rings is 1. The molecule has 0 unspecified atom stereocenters. The molecule has 2 bridgehead atoms. The molecular weight excluding hydrogens is 707 g/mol. The third kappa shape index (κ3) is 5.88. The van der Waals surface area contributed by atoms with Crippen LogP contribution in [0.4, 0.5) is 5.69 Å². The number of anilines is 1. The number of ether oxygens (including phenoxy) is 1. The lowest BCUT2D eigenvalue weighted by Crippen LogP contribution is -3.00. The van der Waals surface area contributed by atoms with Gasteiger partial charge in [0, 0.05) is 34.4 Å². The summed E-state index contributed by atoms with van der Waals surface area (Å²) in [6.07, 6.45) is -0.877. The minimum absolute atomic E-state index is 0. The number of fused-ring (bicyclic) bond motifs is 7. The molecular formula is C39H42Cl2N4O7. The van der Waals surface area contributed by atoms with Crippen molar-refractivity contribution in [1.29, 1.82) is 0 Å². The Morgan fingerprint density at radius 3 is 2.23 bits per heavy atom. The Balaban J connectivity index is 0.00000232. The topological polar surface area (TPSA) is 133 Å². The third-order valence-corrected chi connectivity index (χ3v) is 12.1. The molecule has 4 fully saturated rings. The summed E-state index contributed by atoms with van der Waals surface area (Å²) in [5.41, 5.74) is 5.86. The van der Waals surface area contributed by atoms with Gasteiger partial charge in [-0.1, -0.05) is 31.2 Å². The Labute approximate surface area is 314 Å². The largest absolute Gasteiger partial charge is 1.00 e. The van der Waals surface area contributed by atoms with Crippen LogP contribution in [0.5, 0.6) is 5.75 Å². The van der Waals surface area contributed by atoms with Crippen LogP contribution >= 0.6 is 0 Å². The minimum Gasteiger partial charge on any atom is -1.00 e. The summed E-state index contributed by atoms with van der Waals surface area (Å²) in [6, 6.07) is 18.6. The number of hydrogen-bond donors (Lipinski definition) is 3. The van der Waals surface area contributed by atoms with Crippen molar-refractivity contribution in [1.82, 2.24) is 4.90 Å². The molecule has 13 heteroatoms. The second-order valence-electron chi connectivity index (χ2n) is 14.9. The van der Waals surface area contributed by atoms with Crippen LogP contribution in [0.25, 0.3) is 16.7 Å². The van der Waals surface area contributed by atoms with Gasteiger partial charge in [0.1, 0.15) is 57.3 Å². The zero-order valence-corrected chi connectivity index (χ0v) is 30.8. The number of quaternary nitrogens is 2. The van der Waals surface area contributed by atoms with Gasteiger partial charge in [0.15, 0.2) is 12.3 Å². The van der Waals surface area contributed by atoms with Crippen molar-refractivity contribution in [3.8, 4) is 16.9 Å². The molecule has 274 valence electrons. The second-order valence-corrected chi connectivity index (χ2v) is 14.9. The SMILES string of the molecule is COc1cccc(NC(=O)C[N+]23CC[N+](Cc4ccc5c(c4)C(=O)c4ccc(C6=C(C(=O)O)N7C(=O)[C@H]([C@@H](C)O)[C@H]7[C@H]6C)cc4-5)(CC2)CC3)c1.[Cl-].[Cl-]. The van der Waals surface area contributed by atoms with E-state index in [4.69, 9.17) is 4.74 Å². The molecule has 0 spiro atoms. The van der Waals surface area contributed by atoms with Gasteiger partial charge in [-0.3, -0.25) is 14.4 Å². The zero-order valence-electron chi connectivity index (χ0n) is 29.3. The van der Waals surface area contributed by atoms with Gasteiger partial charge in [0.2, 0.25) is 5.91 Å². The molecule has 3 aromatic carbocycles. The Morgan fingerprint density at radius 1 is 0.904 bits per heavy atom. The number of hydrogen-bond acceptors (Lipinski definition) is 6. The van der Waals surface area contributed by atoms with E-state index in [1.54, 1.807) is 26.2 Å². The van der Waals surface area contributed by atoms with E-state index in [2.05, 4.69) is 11.4 Å². The van der Waals surface area contributed by atoms with Crippen molar-refractivity contribution in [2.45, 2.75) is 32.5 Å². The van der Waals surface area contributed by atoms with Crippen LogP contribution in [0.3, 0.4) is 0 Å². The number of carbonyl (C=O) groups excluding carboxylic acids is 3. The summed E-state index contributed by atoms with van der Waals surface area (Å²) in [7, 11) is 1.61. The first-order chi connectivity index (χ1) is 23.9. The van der Waals surface area contributed by atoms with Crippen LogP contribution < -0.4 is 34.9 Å². The maximum absolute atomic E-state index is 13.7. The molecule has 5 aliphatic heterocycles. The van der Waals surface area contributed by atoms with E-state index in [0.29, 0.717) is 34.6 Å². The number of nitrogens with zero attached hydrogens (tertiary/aromatic N) is 3. The van der Waals surface area contributed by atoms with Crippen molar-refractivity contribution in [3.05, 3.63) is 88.6 Å². The van der Waals surface area contributed by atoms with Gasteiger partial charge in [-0.2, -0.15) is 0 Å². The van der Waals surface area contributed by atoms with Gasteiger partial charge in [-0.05, 0) is 59.5 Å². The lowest BCUT2D eigenvalue weighted by molar-refractivity contribution is -1.08. The van der Waals surface area contributed by atoms with Crippen molar-refractivity contribution >= 4 is 34.8 Å². The lowest BCUT2D eigenvalue weighted by atomic mass is 9.76. The average molecular weight is 750 g/mol.